The Balaban J connectivity index is 3.03. The Bertz CT molecular complexity index is 443. The Hall–Kier alpha value is -1.43. The van der Waals surface area contributed by atoms with Gasteiger partial charge >= 0.3 is 5.97 Å². The van der Waals surface area contributed by atoms with Crippen LogP contribution in [-0.2, 0) is 4.74 Å². The molecule has 0 unspecified atom stereocenters. The van der Waals surface area contributed by atoms with Gasteiger partial charge in [0.05, 0.1) is 14.2 Å². The van der Waals surface area contributed by atoms with Crippen LogP contribution in [0, 0.1) is 5.92 Å². The van der Waals surface area contributed by atoms with E-state index < -0.39 is 5.97 Å². The Morgan fingerprint density at radius 1 is 1.42 bits per heavy atom. The molecular formula is C13H22N2O3S. The molecule has 108 valence electrons. The van der Waals surface area contributed by atoms with E-state index in [9.17, 15) is 4.79 Å². The summed E-state index contributed by atoms with van der Waals surface area (Å²) in [7, 11) is 4.87. The Kier molecular flexibility index (Phi) is 5.47. The van der Waals surface area contributed by atoms with Gasteiger partial charge in [0.15, 0.2) is 5.75 Å². The highest BCUT2D eigenvalue weighted by Crippen LogP contribution is 2.44. The molecule has 0 bridgehead atoms. The van der Waals surface area contributed by atoms with Gasteiger partial charge in [-0.25, -0.2) is 4.79 Å². The molecule has 0 saturated carbocycles. The maximum Gasteiger partial charge on any atom is 0.350 e. The fourth-order valence-electron chi connectivity index (χ4n) is 1.66. The van der Waals surface area contributed by atoms with Crippen LogP contribution in [0.1, 0.15) is 29.9 Å². The highest BCUT2D eigenvalue weighted by molar-refractivity contribution is 7.19. The third-order valence-corrected chi connectivity index (χ3v) is 4.13. The SMILES string of the molecule is COC(=O)c1sc(N(C)CCC(C)C)c(OC)c1N. The van der Waals surface area contributed by atoms with Crippen molar-refractivity contribution >= 4 is 28.0 Å². The van der Waals surface area contributed by atoms with Crippen molar-refractivity contribution in [1.82, 2.24) is 0 Å². The monoisotopic (exact) mass is 286 g/mol. The van der Waals surface area contributed by atoms with Crippen molar-refractivity contribution < 1.29 is 14.3 Å². The van der Waals surface area contributed by atoms with Crippen LogP contribution in [0.2, 0.25) is 0 Å². The van der Waals surface area contributed by atoms with E-state index in [0.29, 0.717) is 22.2 Å². The first kappa shape index (κ1) is 15.6. The summed E-state index contributed by atoms with van der Waals surface area (Å²) < 4.78 is 10.0. The molecule has 0 spiro atoms. The van der Waals surface area contributed by atoms with Gasteiger partial charge in [-0.15, -0.1) is 11.3 Å². The second-order valence-corrected chi connectivity index (χ2v) is 5.78. The van der Waals surface area contributed by atoms with Gasteiger partial charge in [-0.3, -0.25) is 0 Å². The molecule has 0 aliphatic carbocycles. The van der Waals surface area contributed by atoms with Crippen molar-refractivity contribution in [1.29, 1.82) is 0 Å². The second-order valence-electron chi connectivity index (χ2n) is 4.78. The lowest BCUT2D eigenvalue weighted by atomic mass is 10.1. The van der Waals surface area contributed by atoms with E-state index in [1.165, 1.54) is 18.4 Å². The zero-order valence-electron chi connectivity index (χ0n) is 12.1. The smallest absolute Gasteiger partial charge is 0.350 e. The van der Waals surface area contributed by atoms with E-state index in [2.05, 4.69) is 18.7 Å². The van der Waals surface area contributed by atoms with E-state index in [0.717, 1.165) is 18.0 Å². The molecule has 0 fully saturated rings. The average Bonchev–Trinajstić information content (AvgIpc) is 2.72. The molecular weight excluding hydrogens is 264 g/mol. The summed E-state index contributed by atoms with van der Waals surface area (Å²) in [6.07, 6.45) is 1.06. The third kappa shape index (κ3) is 3.53. The number of hydrogen-bond acceptors (Lipinski definition) is 6. The molecule has 0 aliphatic heterocycles. The lowest BCUT2D eigenvalue weighted by molar-refractivity contribution is 0.0607. The summed E-state index contributed by atoms with van der Waals surface area (Å²) in [6.45, 7) is 5.23. The number of nitrogens with two attached hydrogens (primary N) is 1. The van der Waals surface area contributed by atoms with Crippen LogP contribution < -0.4 is 15.4 Å². The number of ether oxygens (including phenoxy) is 2. The topological polar surface area (TPSA) is 64.8 Å². The van der Waals surface area contributed by atoms with Crippen molar-refractivity contribution in [3.05, 3.63) is 4.88 Å². The number of methoxy groups -OCH3 is 2. The number of rotatable bonds is 6. The molecule has 5 nitrogen and oxygen atoms in total. The Labute approximate surface area is 118 Å². The normalized spacial score (nSPS) is 10.6. The van der Waals surface area contributed by atoms with Crippen LogP contribution in [0.15, 0.2) is 0 Å². The zero-order valence-corrected chi connectivity index (χ0v) is 13.0. The lowest BCUT2D eigenvalue weighted by Crippen LogP contribution is -2.19. The molecule has 0 aromatic carbocycles. The van der Waals surface area contributed by atoms with E-state index in [1.54, 1.807) is 7.11 Å². The van der Waals surface area contributed by atoms with Crippen LogP contribution in [0.25, 0.3) is 0 Å². The van der Waals surface area contributed by atoms with Gasteiger partial charge in [0.2, 0.25) is 0 Å². The van der Waals surface area contributed by atoms with Gasteiger partial charge in [0, 0.05) is 13.6 Å². The molecule has 19 heavy (non-hydrogen) atoms. The molecule has 0 aliphatic rings. The van der Waals surface area contributed by atoms with Gasteiger partial charge in [0.25, 0.3) is 0 Å². The average molecular weight is 286 g/mol. The molecule has 2 N–H and O–H groups in total. The maximum atomic E-state index is 11.6. The Morgan fingerprint density at radius 3 is 2.53 bits per heavy atom. The van der Waals surface area contributed by atoms with Crippen LogP contribution in [0.4, 0.5) is 10.7 Å². The number of nitrogens with zero attached hydrogens (tertiary/aromatic N) is 1. The molecule has 6 heteroatoms. The molecule has 0 amide bonds. The van der Waals surface area contributed by atoms with Gasteiger partial charge in [-0.2, -0.15) is 0 Å². The molecule has 1 heterocycles. The summed E-state index contributed by atoms with van der Waals surface area (Å²) in [6, 6.07) is 0. The van der Waals surface area contributed by atoms with E-state index in [-0.39, 0.29) is 0 Å². The summed E-state index contributed by atoms with van der Waals surface area (Å²) in [5.74, 6) is 0.742. The molecule has 0 radical (unpaired) electrons. The van der Waals surface area contributed by atoms with Crippen LogP contribution in [0.3, 0.4) is 0 Å². The fraction of sp³-hybridized carbons (Fsp3) is 0.615. The number of carbonyl (C=O) groups is 1. The first-order valence-corrected chi connectivity index (χ1v) is 6.99. The number of carbonyl (C=O) groups excluding carboxylic acids is 1. The van der Waals surface area contributed by atoms with Crippen molar-refractivity contribution in [3.8, 4) is 5.75 Å². The largest absolute Gasteiger partial charge is 0.492 e. The van der Waals surface area contributed by atoms with E-state index in [4.69, 9.17) is 15.2 Å². The van der Waals surface area contributed by atoms with Crippen molar-refractivity contribution in [2.24, 2.45) is 5.92 Å². The quantitative estimate of drug-likeness (QED) is 0.814. The molecule has 1 aromatic rings. The highest BCUT2D eigenvalue weighted by Gasteiger charge is 2.24. The van der Waals surface area contributed by atoms with Gasteiger partial charge in [-0.1, -0.05) is 13.8 Å². The summed E-state index contributed by atoms with van der Waals surface area (Å²) in [5.41, 5.74) is 6.30. The minimum Gasteiger partial charge on any atom is -0.492 e. The van der Waals surface area contributed by atoms with Gasteiger partial charge in [-0.05, 0) is 12.3 Å². The summed E-state index contributed by atoms with van der Waals surface area (Å²) >= 11 is 1.30. The molecule has 1 rings (SSSR count). The minimum atomic E-state index is -0.427. The predicted octanol–water partition coefficient (Wildman–Crippen LogP) is 2.61. The fourth-order valence-corrected chi connectivity index (χ4v) is 2.76. The van der Waals surface area contributed by atoms with Crippen molar-refractivity contribution in [3.63, 3.8) is 0 Å². The molecule has 0 atom stereocenters. The summed E-state index contributed by atoms with van der Waals surface area (Å²) in [4.78, 5) is 14.1. The van der Waals surface area contributed by atoms with Crippen LogP contribution in [-0.4, -0.2) is 33.8 Å². The first-order valence-electron chi connectivity index (χ1n) is 6.18. The second kappa shape index (κ2) is 6.65. The van der Waals surface area contributed by atoms with E-state index >= 15 is 0 Å². The maximum absolute atomic E-state index is 11.6. The van der Waals surface area contributed by atoms with Crippen molar-refractivity contribution in [2.75, 3.05) is 38.4 Å². The third-order valence-electron chi connectivity index (χ3n) is 2.85. The predicted molar refractivity (Wildman–Crippen MR) is 79.3 cm³/mol. The van der Waals surface area contributed by atoms with Gasteiger partial charge in [0.1, 0.15) is 15.6 Å². The minimum absolute atomic E-state index is 0.353. The zero-order chi connectivity index (χ0) is 14.6. The highest BCUT2D eigenvalue weighted by atomic mass is 32.1. The molecule has 1 aromatic heterocycles. The number of nitrogen functional groups attached to an aromatic ring is 1. The number of esters is 1. The van der Waals surface area contributed by atoms with Gasteiger partial charge < -0.3 is 20.1 Å². The number of hydrogen-bond donors (Lipinski definition) is 1. The number of anilines is 2. The van der Waals surface area contributed by atoms with Crippen molar-refractivity contribution in [2.45, 2.75) is 20.3 Å². The lowest BCUT2D eigenvalue weighted by Gasteiger charge is -2.19. The Morgan fingerprint density at radius 2 is 2.05 bits per heavy atom. The van der Waals surface area contributed by atoms with E-state index in [1.807, 2.05) is 7.05 Å². The summed E-state index contributed by atoms with van der Waals surface area (Å²) in [5, 5.41) is 0.862. The first-order chi connectivity index (χ1) is 8.92. The standard InChI is InChI=1S/C13H22N2O3S/c1-8(2)6-7-15(3)12-10(17-4)9(14)11(19-12)13(16)18-5/h8H,6-7,14H2,1-5H3. The molecule has 0 saturated heterocycles. The van der Waals surface area contributed by atoms with Crippen LogP contribution in [0.5, 0.6) is 5.75 Å². The number of thiophene rings is 1. The van der Waals surface area contributed by atoms with Crippen LogP contribution >= 0.6 is 11.3 Å².